The lowest BCUT2D eigenvalue weighted by Gasteiger charge is -2.28. The molecule has 0 aliphatic heterocycles. The molecule has 2 nitrogen and oxygen atoms in total. The first-order chi connectivity index (χ1) is 9.53. The van der Waals surface area contributed by atoms with Crippen molar-refractivity contribution < 1.29 is 0 Å². The average molecular weight is 305 g/mol. The van der Waals surface area contributed by atoms with Gasteiger partial charge in [-0.2, -0.15) is 0 Å². The Kier molecular flexibility index (Phi) is 3.51. The van der Waals surface area contributed by atoms with E-state index in [0.29, 0.717) is 11.2 Å². The highest BCUT2D eigenvalue weighted by Crippen LogP contribution is 2.51. The molecule has 0 fully saturated rings. The summed E-state index contributed by atoms with van der Waals surface area (Å²) in [5.41, 5.74) is 4.20. The Balaban J connectivity index is 2.18. The summed E-state index contributed by atoms with van der Waals surface area (Å²) in [5.74, 6) is 0.332. The second-order valence-electron chi connectivity index (χ2n) is 5.90. The highest BCUT2D eigenvalue weighted by Gasteiger charge is 2.41. The first-order valence-electron chi connectivity index (χ1n) is 6.67. The smallest absolute Gasteiger partial charge is 0.223 e. The van der Waals surface area contributed by atoms with Crippen molar-refractivity contribution in [2.75, 3.05) is 6.26 Å². The van der Waals surface area contributed by atoms with Gasteiger partial charge in [-0.3, -0.25) is 0 Å². The standard InChI is InChI=1S/C16H17ClN2S/c1-16(2)8-10-6-4-5-7-11(10)13(16)12-9-18-15(17)19-14(12)20-3/h4-7,9,13H,8H2,1-3H3. The molecule has 2 aromatic rings. The van der Waals surface area contributed by atoms with Crippen LogP contribution in [0.4, 0.5) is 0 Å². The van der Waals surface area contributed by atoms with E-state index in [9.17, 15) is 0 Å². The quantitative estimate of drug-likeness (QED) is 0.462. The van der Waals surface area contributed by atoms with Gasteiger partial charge in [-0.15, -0.1) is 11.8 Å². The van der Waals surface area contributed by atoms with Crippen LogP contribution < -0.4 is 0 Å². The molecule has 0 bridgehead atoms. The van der Waals surface area contributed by atoms with Crippen molar-refractivity contribution in [2.45, 2.75) is 31.2 Å². The van der Waals surface area contributed by atoms with E-state index in [1.807, 2.05) is 12.5 Å². The number of hydrogen-bond donors (Lipinski definition) is 0. The van der Waals surface area contributed by atoms with Crippen LogP contribution in [0.15, 0.2) is 35.5 Å². The van der Waals surface area contributed by atoms with Crippen LogP contribution in [0.2, 0.25) is 5.28 Å². The van der Waals surface area contributed by atoms with E-state index >= 15 is 0 Å². The number of halogens is 1. The monoisotopic (exact) mass is 304 g/mol. The zero-order valence-corrected chi connectivity index (χ0v) is 13.4. The third kappa shape index (κ3) is 2.23. The fraction of sp³-hybridized carbons (Fsp3) is 0.375. The van der Waals surface area contributed by atoms with Gasteiger partial charge < -0.3 is 0 Å². The summed E-state index contributed by atoms with van der Waals surface area (Å²) in [4.78, 5) is 8.60. The maximum absolute atomic E-state index is 5.94. The third-order valence-corrected chi connectivity index (χ3v) is 4.94. The van der Waals surface area contributed by atoms with Crippen LogP contribution in [0.5, 0.6) is 0 Å². The predicted octanol–water partition coefficient (Wildman–Crippen LogP) is 4.57. The number of fused-ring (bicyclic) bond motifs is 1. The molecule has 4 heteroatoms. The number of rotatable bonds is 2. The fourth-order valence-corrected chi connectivity index (χ4v) is 4.06. The second-order valence-corrected chi connectivity index (χ2v) is 7.03. The minimum atomic E-state index is 0.172. The molecule has 1 unspecified atom stereocenters. The van der Waals surface area contributed by atoms with E-state index in [1.165, 1.54) is 16.7 Å². The molecule has 104 valence electrons. The van der Waals surface area contributed by atoms with Crippen molar-refractivity contribution in [2.24, 2.45) is 5.41 Å². The summed E-state index contributed by atoms with van der Waals surface area (Å²) < 4.78 is 0. The summed E-state index contributed by atoms with van der Waals surface area (Å²) in [7, 11) is 0. The van der Waals surface area contributed by atoms with Crippen molar-refractivity contribution in [1.29, 1.82) is 0 Å². The van der Waals surface area contributed by atoms with Crippen molar-refractivity contribution in [1.82, 2.24) is 9.97 Å². The summed E-state index contributed by atoms with van der Waals surface area (Å²) >= 11 is 7.57. The lowest BCUT2D eigenvalue weighted by atomic mass is 9.76. The molecule has 0 radical (unpaired) electrons. The Morgan fingerprint density at radius 1 is 1.25 bits per heavy atom. The molecule has 0 N–H and O–H groups in total. The maximum atomic E-state index is 5.94. The van der Waals surface area contributed by atoms with Gasteiger partial charge in [0.2, 0.25) is 5.28 Å². The molecule has 0 saturated carbocycles. The highest BCUT2D eigenvalue weighted by molar-refractivity contribution is 7.98. The van der Waals surface area contributed by atoms with E-state index < -0.39 is 0 Å². The van der Waals surface area contributed by atoms with Crippen molar-refractivity contribution in [3.63, 3.8) is 0 Å². The van der Waals surface area contributed by atoms with Crippen molar-refractivity contribution in [3.8, 4) is 0 Å². The topological polar surface area (TPSA) is 25.8 Å². The Morgan fingerprint density at radius 2 is 2.00 bits per heavy atom. The molecule has 1 heterocycles. The fourth-order valence-electron chi connectivity index (χ4n) is 3.30. The van der Waals surface area contributed by atoms with E-state index in [2.05, 4.69) is 48.1 Å². The van der Waals surface area contributed by atoms with Gasteiger partial charge in [0.25, 0.3) is 0 Å². The largest absolute Gasteiger partial charge is 0.226 e. The molecule has 1 aromatic heterocycles. The van der Waals surface area contributed by atoms with Crippen LogP contribution in [-0.2, 0) is 6.42 Å². The molecule has 1 aromatic carbocycles. The van der Waals surface area contributed by atoms with Crippen molar-refractivity contribution in [3.05, 3.63) is 52.4 Å². The molecule has 0 amide bonds. The summed E-state index contributed by atoms with van der Waals surface area (Å²) in [6, 6.07) is 8.69. The van der Waals surface area contributed by atoms with Crippen LogP contribution in [0.1, 0.15) is 36.5 Å². The van der Waals surface area contributed by atoms with Gasteiger partial charge in [-0.1, -0.05) is 38.1 Å². The van der Waals surface area contributed by atoms with Crippen LogP contribution in [0.25, 0.3) is 0 Å². The molecular formula is C16H17ClN2S. The maximum Gasteiger partial charge on any atom is 0.223 e. The number of benzene rings is 1. The summed E-state index contributed by atoms with van der Waals surface area (Å²) in [6.45, 7) is 4.63. The van der Waals surface area contributed by atoms with Gasteiger partial charge in [0.05, 0.1) is 0 Å². The van der Waals surface area contributed by atoms with Crippen LogP contribution in [0, 0.1) is 5.41 Å². The normalized spacial score (nSPS) is 19.9. The Bertz CT molecular complexity index is 655. The lowest BCUT2D eigenvalue weighted by Crippen LogP contribution is -2.20. The first-order valence-corrected chi connectivity index (χ1v) is 8.27. The molecule has 1 atom stereocenters. The van der Waals surface area contributed by atoms with E-state index in [-0.39, 0.29) is 5.41 Å². The molecule has 1 aliphatic carbocycles. The zero-order chi connectivity index (χ0) is 14.3. The number of thioether (sulfide) groups is 1. The van der Waals surface area contributed by atoms with E-state index in [0.717, 1.165) is 11.4 Å². The van der Waals surface area contributed by atoms with E-state index in [4.69, 9.17) is 11.6 Å². The summed E-state index contributed by atoms with van der Waals surface area (Å²) in [5, 5.41) is 1.31. The molecule has 3 rings (SSSR count). The lowest BCUT2D eigenvalue weighted by molar-refractivity contribution is 0.342. The van der Waals surface area contributed by atoms with Crippen LogP contribution in [0.3, 0.4) is 0 Å². The molecule has 20 heavy (non-hydrogen) atoms. The van der Waals surface area contributed by atoms with Crippen molar-refractivity contribution >= 4 is 23.4 Å². The SMILES string of the molecule is CSc1nc(Cl)ncc1C1c2ccccc2CC1(C)C. The minimum absolute atomic E-state index is 0.172. The van der Waals surface area contributed by atoms with Gasteiger partial charge in [0.15, 0.2) is 0 Å². The highest BCUT2D eigenvalue weighted by atomic mass is 35.5. The Hall–Kier alpha value is -1.06. The number of nitrogens with zero attached hydrogens (tertiary/aromatic N) is 2. The van der Waals surface area contributed by atoms with Gasteiger partial charge in [0, 0.05) is 17.7 Å². The number of hydrogen-bond acceptors (Lipinski definition) is 3. The van der Waals surface area contributed by atoms with Crippen LogP contribution >= 0.6 is 23.4 Å². The van der Waals surface area contributed by atoms with Gasteiger partial charge in [-0.05, 0) is 40.8 Å². The molecule has 0 spiro atoms. The van der Waals surface area contributed by atoms with Crippen LogP contribution in [-0.4, -0.2) is 16.2 Å². The molecule has 1 aliphatic rings. The van der Waals surface area contributed by atoms with Gasteiger partial charge in [0.1, 0.15) is 5.03 Å². The third-order valence-electron chi connectivity index (χ3n) is 4.05. The zero-order valence-electron chi connectivity index (χ0n) is 11.9. The molecule has 0 saturated heterocycles. The second kappa shape index (κ2) is 5.05. The Labute approximate surface area is 129 Å². The first kappa shape index (κ1) is 13.9. The van der Waals surface area contributed by atoms with Gasteiger partial charge in [-0.25, -0.2) is 9.97 Å². The Morgan fingerprint density at radius 3 is 2.75 bits per heavy atom. The minimum Gasteiger partial charge on any atom is -0.226 e. The van der Waals surface area contributed by atoms with Gasteiger partial charge >= 0.3 is 0 Å². The number of aromatic nitrogens is 2. The predicted molar refractivity (Wildman–Crippen MR) is 84.6 cm³/mol. The molecular weight excluding hydrogens is 288 g/mol. The summed E-state index contributed by atoms with van der Waals surface area (Å²) in [6.07, 6.45) is 5.02. The van der Waals surface area contributed by atoms with E-state index in [1.54, 1.807) is 11.8 Å². The average Bonchev–Trinajstić information content (AvgIpc) is 2.68.